The summed E-state index contributed by atoms with van der Waals surface area (Å²) in [6, 6.07) is 9.80. The van der Waals surface area contributed by atoms with Crippen LogP contribution in [0.5, 0.6) is 0 Å². The zero-order chi connectivity index (χ0) is 13.0. The molecule has 0 aliphatic heterocycles. The van der Waals surface area contributed by atoms with Crippen molar-refractivity contribution in [1.29, 1.82) is 0 Å². The molecule has 0 spiro atoms. The molecule has 18 heavy (non-hydrogen) atoms. The van der Waals surface area contributed by atoms with Crippen LogP contribution in [0.15, 0.2) is 36.5 Å². The summed E-state index contributed by atoms with van der Waals surface area (Å²) in [5, 5.41) is 1.08. The van der Waals surface area contributed by atoms with Crippen LogP contribution in [0.4, 0.5) is 0 Å². The molecule has 2 aromatic rings. The number of rotatable bonds is 5. The molecule has 1 heterocycles. The van der Waals surface area contributed by atoms with E-state index in [9.17, 15) is 4.79 Å². The molecule has 0 saturated heterocycles. The molecule has 0 amide bonds. The Hall–Kier alpha value is -1.77. The Morgan fingerprint density at radius 3 is 2.67 bits per heavy atom. The molecule has 0 radical (unpaired) electrons. The summed E-state index contributed by atoms with van der Waals surface area (Å²) in [6.07, 6.45) is 4.30. The fourth-order valence-corrected chi connectivity index (χ4v) is 2.10. The molecule has 0 aliphatic carbocycles. The van der Waals surface area contributed by atoms with Crippen molar-refractivity contribution in [3.05, 3.63) is 36.5 Å². The molecular formula is C15H19NO2. The lowest BCUT2D eigenvalue weighted by Gasteiger charge is -2.11. The fourth-order valence-electron chi connectivity index (χ4n) is 2.10. The third-order valence-corrected chi connectivity index (χ3v) is 3.37. The largest absolute Gasteiger partial charge is 0.337 e. The number of hydrogen-bond acceptors (Lipinski definition) is 2. The van der Waals surface area contributed by atoms with Gasteiger partial charge in [-0.05, 0) is 18.1 Å². The van der Waals surface area contributed by atoms with E-state index in [4.69, 9.17) is 4.84 Å². The topological polar surface area (TPSA) is 31.2 Å². The Balaban J connectivity index is 2.07. The first-order chi connectivity index (χ1) is 8.74. The molecule has 0 N–H and O–H groups in total. The highest BCUT2D eigenvalue weighted by molar-refractivity contribution is 5.80. The molecule has 0 unspecified atom stereocenters. The standard InChI is InChI=1S/C15H19NO2/c1-3-12(4-2)11-15(17)18-16-10-9-13-7-5-6-8-14(13)16/h5-10,12H,3-4,11H2,1-2H3. The van der Waals surface area contributed by atoms with E-state index in [1.165, 1.54) is 0 Å². The Labute approximate surface area is 107 Å². The number of benzene rings is 1. The van der Waals surface area contributed by atoms with Crippen molar-refractivity contribution >= 4 is 16.9 Å². The summed E-state index contributed by atoms with van der Waals surface area (Å²) < 4.78 is 1.56. The van der Waals surface area contributed by atoms with E-state index < -0.39 is 0 Å². The van der Waals surface area contributed by atoms with Gasteiger partial charge in [0, 0.05) is 11.6 Å². The van der Waals surface area contributed by atoms with Crippen LogP contribution in [-0.4, -0.2) is 10.7 Å². The molecule has 96 valence electrons. The quantitative estimate of drug-likeness (QED) is 0.808. The van der Waals surface area contributed by atoms with Gasteiger partial charge in [0.2, 0.25) is 0 Å². The first-order valence-electron chi connectivity index (χ1n) is 6.51. The number of nitrogens with zero attached hydrogens (tertiary/aromatic N) is 1. The second kappa shape index (κ2) is 5.71. The highest BCUT2D eigenvalue weighted by Crippen LogP contribution is 2.15. The van der Waals surface area contributed by atoms with Crippen molar-refractivity contribution in [3.8, 4) is 0 Å². The lowest BCUT2D eigenvalue weighted by atomic mass is 10.00. The summed E-state index contributed by atoms with van der Waals surface area (Å²) in [5.74, 6) is 0.254. The average molecular weight is 245 g/mol. The maximum Gasteiger partial charge on any atom is 0.333 e. The van der Waals surface area contributed by atoms with Crippen molar-refractivity contribution < 1.29 is 9.63 Å². The molecule has 2 rings (SSSR count). The second-order valence-electron chi connectivity index (χ2n) is 4.55. The number of para-hydroxylation sites is 1. The van der Waals surface area contributed by atoms with Crippen LogP contribution < -0.4 is 4.84 Å². The van der Waals surface area contributed by atoms with Crippen molar-refractivity contribution in [2.75, 3.05) is 0 Å². The van der Waals surface area contributed by atoms with Crippen molar-refractivity contribution in [3.63, 3.8) is 0 Å². The summed E-state index contributed by atoms with van der Waals surface area (Å²) in [6.45, 7) is 4.21. The Morgan fingerprint density at radius 1 is 1.22 bits per heavy atom. The van der Waals surface area contributed by atoms with Gasteiger partial charge in [-0.2, -0.15) is 4.73 Å². The molecule has 0 fully saturated rings. The van der Waals surface area contributed by atoms with Gasteiger partial charge in [-0.3, -0.25) is 0 Å². The normalized spacial score (nSPS) is 11.1. The molecule has 0 saturated carbocycles. The molecule has 0 aliphatic rings. The van der Waals surface area contributed by atoms with E-state index in [-0.39, 0.29) is 5.97 Å². The van der Waals surface area contributed by atoms with Gasteiger partial charge >= 0.3 is 5.97 Å². The molecule has 1 aromatic carbocycles. The monoisotopic (exact) mass is 245 g/mol. The van der Waals surface area contributed by atoms with Gasteiger partial charge in [0.1, 0.15) is 0 Å². The first kappa shape index (κ1) is 12.7. The van der Waals surface area contributed by atoms with Gasteiger partial charge in [-0.15, -0.1) is 0 Å². The van der Waals surface area contributed by atoms with Crippen LogP contribution in [0.2, 0.25) is 0 Å². The zero-order valence-electron chi connectivity index (χ0n) is 10.9. The number of fused-ring (bicyclic) bond motifs is 1. The maximum atomic E-state index is 11.8. The predicted molar refractivity (Wildman–Crippen MR) is 72.2 cm³/mol. The van der Waals surface area contributed by atoms with Crippen molar-refractivity contribution in [2.45, 2.75) is 33.1 Å². The van der Waals surface area contributed by atoms with Gasteiger partial charge < -0.3 is 4.84 Å². The van der Waals surface area contributed by atoms with Crippen LogP contribution in [0.3, 0.4) is 0 Å². The number of aromatic nitrogens is 1. The molecule has 3 heteroatoms. The van der Waals surface area contributed by atoms with Gasteiger partial charge in [0.05, 0.1) is 11.9 Å². The molecular weight excluding hydrogens is 226 g/mol. The smallest absolute Gasteiger partial charge is 0.333 e. The lowest BCUT2D eigenvalue weighted by Crippen LogP contribution is -2.21. The number of carbonyl (C=O) groups excluding carboxylic acids is 1. The average Bonchev–Trinajstić information content (AvgIpc) is 2.79. The van der Waals surface area contributed by atoms with E-state index in [1.807, 2.05) is 30.3 Å². The van der Waals surface area contributed by atoms with Crippen molar-refractivity contribution in [1.82, 2.24) is 4.73 Å². The summed E-state index contributed by atoms with van der Waals surface area (Å²) >= 11 is 0. The summed E-state index contributed by atoms with van der Waals surface area (Å²) in [5.41, 5.74) is 0.926. The highest BCUT2D eigenvalue weighted by Gasteiger charge is 2.13. The Morgan fingerprint density at radius 2 is 1.94 bits per heavy atom. The molecule has 3 nitrogen and oxygen atoms in total. The van der Waals surface area contributed by atoms with Gasteiger partial charge in [-0.25, -0.2) is 4.79 Å². The minimum absolute atomic E-state index is 0.162. The Bertz CT molecular complexity index is 526. The summed E-state index contributed by atoms with van der Waals surface area (Å²) in [7, 11) is 0. The SMILES string of the molecule is CCC(CC)CC(=O)On1ccc2ccccc21. The van der Waals surface area contributed by atoms with E-state index in [0.717, 1.165) is 23.7 Å². The minimum atomic E-state index is -0.162. The van der Waals surface area contributed by atoms with Crippen LogP contribution >= 0.6 is 0 Å². The van der Waals surface area contributed by atoms with Crippen LogP contribution in [0.25, 0.3) is 10.9 Å². The molecule has 0 atom stereocenters. The first-order valence-corrected chi connectivity index (χ1v) is 6.51. The van der Waals surface area contributed by atoms with Crippen LogP contribution in [-0.2, 0) is 4.79 Å². The third-order valence-electron chi connectivity index (χ3n) is 3.37. The van der Waals surface area contributed by atoms with E-state index >= 15 is 0 Å². The predicted octanol–water partition coefficient (Wildman–Crippen LogP) is 3.42. The Kier molecular flexibility index (Phi) is 4.03. The highest BCUT2D eigenvalue weighted by atomic mass is 16.7. The summed E-state index contributed by atoms with van der Waals surface area (Å²) in [4.78, 5) is 17.2. The fraction of sp³-hybridized carbons (Fsp3) is 0.400. The minimum Gasteiger partial charge on any atom is -0.337 e. The van der Waals surface area contributed by atoms with Crippen LogP contribution in [0, 0.1) is 5.92 Å². The van der Waals surface area contributed by atoms with E-state index in [0.29, 0.717) is 12.3 Å². The second-order valence-corrected chi connectivity index (χ2v) is 4.55. The maximum absolute atomic E-state index is 11.8. The van der Waals surface area contributed by atoms with E-state index in [2.05, 4.69) is 13.8 Å². The van der Waals surface area contributed by atoms with Gasteiger partial charge in [0.15, 0.2) is 0 Å². The van der Waals surface area contributed by atoms with Crippen molar-refractivity contribution in [2.24, 2.45) is 5.92 Å². The number of carbonyl (C=O) groups is 1. The lowest BCUT2D eigenvalue weighted by molar-refractivity contribution is -0.144. The molecule has 1 aromatic heterocycles. The van der Waals surface area contributed by atoms with E-state index in [1.54, 1.807) is 10.9 Å². The van der Waals surface area contributed by atoms with Gasteiger partial charge in [-0.1, -0.05) is 44.9 Å². The zero-order valence-corrected chi connectivity index (χ0v) is 10.9. The molecule has 0 bridgehead atoms. The third kappa shape index (κ3) is 2.73. The van der Waals surface area contributed by atoms with Crippen LogP contribution in [0.1, 0.15) is 33.1 Å². The number of hydrogen-bond donors (Lipinski definition) is 0. The van der Waals surface area contributed by atoms with Gasteiger partial charge in [0.25, 0.3) is 0 Å².